The fourth-order valence-electron chi connectivity index (χ4n) is 2.49. The van der Waals surface area contributed by atoms with E-state index in [4.69, 9.17) is 23.2 Å². The Labute approximate surface area is 118 Å². The van der Waals surface area contributed by atoms with Crippen LogP contribution in [-0.4, -0.2) is 23.8 Å². The predicted molar refractivity (Wildman–Crippen MR) is 75.3 cm³/mol. The standard InChI is InChI=1S/C14H17Cl2NO/c1-10(18)6-8-17-7-2-3-14(17)11-4-5-12(15)13(16)9-11/h4-5,9,14H,2-3,6-8H2,1H3. The fourth-order valence-corrected chi connectivity index (χ4v) is 2.80. The van der Waals surface area contributed by atoms with E-state index in [1.165, 1.54) is 12.0 Å². The summed E-state index contributed by atoms with van der Waals surface area (Å²) in [5.41, 5.74) is 1.20. The first-order chi connectivity index (χ1) is 8.58. The number of ketones is 1. The number of hydrogen-bond donors (Lipinski definition) is 0. The summed E-state index contributed by atoms with van der Waals surface area (Å²) in [6.07, 6.45) is 2.91. The maximum atomic E-state index is 11.1. The van der Waals surface area contributed by atoms with Crippen LogP contribution in [0, 0.1) is 0 Å². The van der Waals surface area contributed by atoms with Gasteiger partial charge in [-0.1, -0.05) is 29.3 Å². The van der Waals surface area contributed by atoms with Crippen molar-refractivity contribution >= 4 is 29.0 Å². The lowest BCUT2D eigenvalue weighted by Crippen LogP contribution is -2.25. The first-order valence-electron chi connectivity index (χ1n) is 6.26. The van der Waals surface area contributed by atoms with Gasteiger partial charge in [0.2, 0.25) is 0 Å². The summed E-state index contributed by atoms with van der Waals surface area (Å²) in [5.74, 6) is 0.245. The van der Waals surface area contributed by atoms with E-state index in [1.807, 2.05) is 18.2 Å². The van der Waals surface area contributed by atoms with E-state index >= 15 is 0 Å². The summed E-state index contributed by atoms with van der Waals surface area (Å²) in [4.78, 5) is 13.4. The number of likely N-dealkylation sites (tertiary alicyclic amines) is 1. The van der Waals surface area contributed by atoms with Gasteiger partial charge < -0.3 is 0 Å². The molecule has 0 bridgehead atoms. The van der Waals surface area contributed by atoms with Gasteiger partial charge >= 0.3 is 0 Å². The molecule has 98 valence electrons. The second kappa shape index (κ2) is 6.05. The third kappa shape index (κ3) is 3.25. The predicted octanol–water partition coefficient (Wildman–Crippen LogP) is 4.11. The van der Waals surface area contributed by atoms with Crippen LogP contribution in [0.3, 0.4) is 0 Å². The maximum absolute atomic E-state index is 11.1. The number of carbonyl (C=O) groups is 1. The lowest BCUT2D eigenvalue weighted by molar-refractivity contribution is -0.117. The van der Waals surface area contributed by atoms with Gasteiger partial charge in [0.15, 0.2) is 0 Å². The Morgan fingerprint density at radius 1 is 1.39 bits per heavy atom. The molecule has 1 heterocycles. The first-order valence-corrected chi connectivity index (χ1v) is 7.02. The molecule has 1 aromatic rings. The molecular weight excluding hydrogens is 269 g/mol. The molecule has 0 aliphatic carbocycles. The topological polar surface area (TPSA) is 20.3 Å². The molecule has 1 aliphatic heterocycles. The highest BCUT2D eigenvalue weighted by Gasteiger charge is 2.26. The molecule has 0 spiro atoms. The maximum Gasteiger partial charge on any atom is 0.131 e. The minimum absolute atomic E-state index is 0.245. The number of hydrogen-bond acceptors (Lipinski definition) is 2. The first kappa shape index (κ1) is 13.9. The quantitative estimate of drug-likeness (QED) is 0.830. The third-order valence-corrected chi connectivity index (χ3v) is 4.18. The normalized spacial score (nSPS) is 20.3. The Kier molecular flexibility index (Phi) is 4.66. The van der Waals surface area contributed by atoms with Crippen molar-refractivity contribution in [2.24, 2.45) is 0 Å². The van der Waals surface area contributed by atoms with Crippen LogP contribution in [0.1, 0.15) is 37.8 Å². The van der Waals surface area contributed by atoms with Gasteiger partial charge in [0, 0.05) is 19.0 Å². The summed E-state index contributed by atoms with van der Waals surface area (Å²) in [6, 6.07) is 6.20. The highest BCUT2D eigenvalue weighted by molar-refractivity contribution is 6.42. The summed E-state index contributed by atoms with van der Waals surface area (Å²) >= 11 is 12.0. The van der Waals surface area contributed by atoms with E-state index in [-0.39, 0.29) is 5.78 Å². The van der Waals surface area contributed by atoms with Crippen LogP contribution in [0.2, 0.25) is 10.0 Å². The molecule has 1 fully saturated rings. The SMILES string of the molecule is CC(=O)CCN1CCCC1c1ccc(Cl)c(Cl)c1. The van der Waals surface area contributed by atoms with Crippen LogP contribution in [0.4, 0.5) is 0 Å². The lowest BCUT2D eigenvalue weighted by atomic mass is 10.0. The van der Waals surface area contributed by atoms with Crippen molar-refractivity contribution in [3.63, 3.8) is 0 Å². The molecule has 2 nitrogen and oxygen atoms in total. The van der Waals surface area contributed by atoms with Crippen LogP contribution in [0.25, 0.3) is 0 Å². The molecule has 1 aliphatic rings. The molecule has 0 saturated carbocycles. The lowest BCUT2D eigenvalue weighted by Gasteiger charge is -2.24. The Balaban J connectivity index is 2.10. The molecule has 1 unspecified atom stereocenters. The van der Waals surface area contributed by atoms with Crippen molar-refractivity contribution in [1.29, 1.82) is 0 Å². The second-order valence-electron chi connectivity index (χ2n) is 4.82. The Hall–Kier alpha value is -0.570. The largest absolute Gasteiger partial charge is 0.300 e. The smallest absolute Gasteiger partial charge is 0.131 e. The summed E-state index contributed by atoms with van der Waals surface area (Å²) in [5, 5.41) is 1.20. The van der Waals surface area contributed by atoms with Gasteiger partial charge in [0.25, 0.3) is 0 Å². The van der Waals surface area contributed by atoms with E-state index in [0.29, 0.717) is 22.5 Å². The molecule has 0 radical (unpaired) electrons. The van der Waals surface area contributed by atoms with Gasteiger partial charge in [-0.3, -0.25) is 9.69 Å². The van der Waals surface area contributed by atoms with E-state index in [0.717, 1.165) is 19.5 Å². The van der Waals surface area contributed by atoms with Crippen LogP contribution in [0.15, 0.2) is 18.2 Å². The Bertz CT molecular complexity index is 447. The van der Waals surface area contributed by atoms with Gasteiger partial charge in [-0.05, 0) is 44.0 Å². The van der Waals surface area contributed by atoms with E-state index in [2.05, 4.69) is 4.90 Å². The van der Waals surface area contributed by atoms with Crippen molar-refractivity contribution in [1.82, 2.24) is 4.90 Å². The van der Waals surface area contributed by atoms with E-state index in [1.54, 1.807) is 6.92 Å². The van der Waals surface area contributed by atoms with Crippen LogP contribution in [-0.2, 0) is 4.79 Å². The number of rotatable bonds is 4. The molecular formula is C14H17Cl2NO. The summed E-state index contributed by atoms with van der Waals surface area (Å²) in [7, 11) is 0. The number of Topliss-reactive ketones (excluding diaryl/α,β-unsaturated/α-hetero) is 1. The van der Waals surface area contributed by atoms with E-state index in [9.17, 15) is 4.79 Å². The zero-order valence-electron chi connectivity index (χ0n) is 10.5. The highest BCUT2D eigenvalue weighted by Crippen LogP contribution is 2.34. The molecule has 1 atom stereocenters. The number of nitrogens with zero attached hydrogens (tertiary/aromatic N) is 1. The molecule has 0 amide bonds. The third-order valence-electron chi connectivity index (χ3n) is 3.44. The van der Waals surface area contributed by atoms with Gasteiger partial charge in [0.05, 0.1) is 10.0 Å². The van der Waals surface area contributed by atoms with Crippen molar-refractivity contribution in [2.75, 3.05) is 13.1 Å². The number of benzene rings is 1. The van der Waals surface area contributed by atoms with Crippen LogP contribution in [0.5, 0.6) is 0 Å². The van der Waals surface area contributed by atoms with Gasteiger partial charge in [0.1, 0.15) is 5.78 Å². The zero-order chi connectivity index (χ0) is 13.1. The van der Waals surface area contributed by atoms with Crippen molar-refractivity contribution < 1.29 is 4.79 Å². The molecule has 0 aromatic heterocycles. The average molecular weight is 286 g/mol. The fraction of sp³-hybridized carbons (Fsp3) is 0.500. The minimum atomic E-state index is 0.245. The van der Waals surface area contributed by atoms with Crippen LogP contribution < -0.4 is 0 Å². The van der Waals surface area contributed by atoms with Crippen LogP contribution >= 0.6 is 23.2 Å². The Morgan fingerprint density at radius 2 is 2.17 bits per heavy atom. The average Bonchev–Trinajstić information content (AvgIpc) is 2.78. The summed E-state index contributed by atoms with van der Waals surface area (Å²) < 4.78 is 0. The highest BCUT2D eigenvalue weighted by atomic mass is 35.5. The minimum Gasteiger partial charge on any atom is -0.300 e. The van der Waals surface area contributed by atoms with Gasteiger partial charge in [-0.2, -0.15) is 0 Å². The molecule has 1 aromatic carbocycles. The molecule has 18 heavy (non-hydrogen) atoms. The molecule has 1 saturated heterocycles. The van der Waals surface area contributed by atoms with Crippen molar-refractivity contribution in [3.8, 4) is 0 Å². The number of carbonyl (C=O) groups excluding carboxylic acids is 1. The van der Waals surface area contributed by atoms with Crippen molar-refractivity contribution in [3.05, 3.63) is 33.8 Å². The van der Waals surface area contributed by atoms with Gasteiger partial charge in [-0.25, -0.2) is 0 Å². The Morgan fingerprint density at radius 3 is 2.83 bits per heavy atom. The molecule has 0 N–H and O–H groups in total. The zero-order valence-corrected chi connectivity index (χ0v) is 12.0. The second-order valence-corrected chi connectivity index (χ2v) is 5.63. The van der Waals surface area contributed by atoms with Gasteiger partial charge in [-0.15, -0.1) is 0 Å². The number of halogens is 2. The van der Waals surface area contributed by atoms with Crippen molar-refractivity contribution in [2.45, 2.75) is 32.2 Å². The molecule has 4 heteroatoms. The molecule has 2 rings (SSSR count). The monoisotopic (exact) mass is 285 g/mol. The summed E-state index contributed by atoms with van der Waals surface area (Å²) in [6.45, 7) is 3.53. The van der Waals surface area contributed by atoms with E-state index < -0.39 is 0 Å².